The number of carbonyl (C=O) groups is 2. The van der Waals surface area contributed by atoms with Gasteiger partial charge in [-0.15, -0.1) is 0 Å². The Balaban J connectivity index is 1.89. The van der Waals surface area contributed by atoms with E-state index in [0.717, 1.165) is 51.4 Å². The van der Waals surface area contributed by atoms with Crippen LogP contribution in [0.5, 0.6) is 0 Å². The first kappa shape index (κ1) is 26.3. The molecule has 3 aliphatic rings. The van der Waals surface area contributed by atoms with Gasteiger partial charge in [-0.1, -0.05) is 38.6 Å². The summed E-state index contributed by atoms with van der Waals surface area (Å²) in [5.74, 6) is 0.323. The Morgan fingerprint density at radius 2 is 1.73 bits per heavy atom. The fraction of sp³-hybridized carbons (Fsp3) is 0.769. The van der Waals surface area contributed by atoms with Crippen LogP contribution in [-0.2, 0) is 14.3 Å². The number of esters is 1. The first-order valence-electron chi connectivity index (χ1n) is 12.4. The molecule has 0 radical (unpaired) electrons. The average molecular weight is 480 g/mol. The van der Waals surface area contributed by atoms with Crippen LogP contribution in [0, 0.1) is 23.2 Å². The van der Waals surface area contributed by atoms with Crippen molar-refractivity contribution in [3.8, 4) is 0 Å². The number of allylic oxidation sites excluding steroid dienone is 2. The van der Waals surface area contributed by atoms with Crippen LogP contribution in [0.4, 0.5) is 0 Å². The Labute approximate surface area is 202 Å². The van der Waals surface area contributed by atoms with Gasteiger partial charge in [-0.2, -0.15) is 0 Å². The van der Waals surface area contributed by atoms with E-state index in [4.69, 9.17) is 4.74 Å². The molecule has 1 heterocycles. The molecule has 0 aromatic heterocycles. The monoisotopic (exact) mass is 479 g/mol. The predicted molar refractivity (Wildman–Crippen MR) is 131 cm³/mol. The molecule has 2 fully saturated rings. The van der Waals surface area contributed by atoms with Gasteiger partial charge >= 0.3 is 5.97 Å². The molecule has 0 spiro atoms. The van der Waals surface area contributed by atoms with E-state index < -0.39 is 12.0 Å². The van der Waals surface area contributed by atoms with Crippen LogP contribution in [0.15, 0.2) is 21.6 Å². The van der Waals surface area contributed by atoms with Crippen molar-refractivity contribution < 1.29 is 24.5 Å². The number of thioether (sulfide) groups is 1. The van der Waals surface area contributed by atoms with E-state index in [1.165, 1.54) is 28.7 Å². The van der Waals surface area contributed by atoms with Crippen molar-refractivity contribution >= 4 is 23.6 Å². The molecule has 2 aliphatic carbocycles. The second-order valence-electron chi connectivity index (χ2n) is 10.8. The van der Waals surface area contributed by atoms with Crippen LogP contribution < -0.4 is 0 Å². The molecule has 1 amide bonds. The van der Waals surface area contributed by atoms with Crippen LogP contribution in [0.2, 0.25) is 0 Å². The van der Waals surface area contributed by atoms with Gasteiger partial charge in [0.25, 0.3) is 0 Å². The Morgan fingerprint density at radius 3 is 2.27 bits per heavy atom. The Bertz CT molecular complexity index is 768. The van der Waals surface area contributed by atoms with Crippen molar-refractivity contribution in [1.29, 1.82) is 0 Å². The molecule has 2 saturated carbocycles. The molecule has 6 nitrogen and oxygen atoms in total. The number of methoxy groups -OCH3 is 1. The summed E-state index contributed by atoms with van der Waals surface area (Å²) < 4.78 is 5.12. The topological polar surface area (TPSA) is 87.1 Å². The number of aliphatic hydroxyl groups excluding tert-OH is 2. The summed E-state index contributed by atoms with van der Waals surface area (Å²) in [7, 11) is 1.36. The lowest BCUT2D eigenvalue weighted by atomic mass is 9.73. The zero-order chi connectivity index (χ0) is 24.2. The fourth-order valence-electron chi connectivity index (χ4n) is 5.36. The minimum atomic E-state index is -0.766. The molecule has 186 valence electrons. The third kappa shape index (κ3) is 6.23. The highest BCUT2D eigenvalue weighted by atomic mass is 32.2. The van der Waals surface area contributed by atoms with Gasteiger partial charge in [-0.3, -0.25) is 4.79 Å². The van der Waals surface area contributed by atoms with Gasteiger partial charge in [-0.25, -0.2) is 4.79 Å². The van der Waals surface area contributed by atoms with Crippen LogP contribution in [0.25, 0.3) is 0 Å². The maximum Gasteiger partial charge on any atom is 0.346 e. The molecular weight excluding hydrogens is 438 g/mol. The average Bonchev–Trinajstić information content (AvgIpc) is 2.82. The van der Waals surface area contributed by atoms with E-state index in [2.05, 4.69) is 26.8 Å². The SMILES string of the molecule is COC(=O)C1=C(N(C(=O)C2CCC(C)CC2)C(CO)CO)CC=C(C2CCC(C)(C)CC2)S1. The predicted octanol–water partition coefficient (Wildman–Crippen LogP) is 4.62. The van der Waals surface area contributed by atoms with E-state index in [-0.39, 0.29) is 25.0 Å². The van der Waals surface area contributed by atoms with Gasteiger partial charge < -0.3 is 19.8 Å². The highest BCUT2D eigenvalue weighted by molar-refractivity contribution is 8.07. The van der Waals surface area contributed by atoms with Gasteiger partial charge in [0.1, 0.15) is 4.91 Å². The van der Waals surface area contributed by atoms with Crippen LogP contribution in [0.1, 0.15) is 78.6 Å². The number of amides is 1. The van der Waals surface area contributed by atoms with Gasteiger partial charge in [0, 0.05) is 18.0 Å². The van der Waals surface area contributed by atoms with E-state index in [0.29, 0.717) is 34.3 Å². The van der Waals surface area contributed by atoms with Crippen LogP contribution in [-0.4, -0.2) is 53.4 Å². The second-order valence-corrected chi connectivity index (χ2v) is 11.9. The van der Waals surface area contributed by atoms with Gasteiger partial charge in [0.2, 0.25) is 5.91 Å². The highest BCUT2D eigenvalue weighted by Gasteiger charge is 2.38. The summed E-state index contributed by atoms with van der Waals surface area (Å²) in [6.07, 6.45) is 10.6. The van der Waals surface area contributed by atoms with E-state index in [9.17, 15) is 19.8 Å². The smallest absolute Gasteiger partial charge is 0.346 e. The minimum Gasteiger partial charge on any atom is -0.465 e. The normalized spacial score (nSPS) is 26.2. The lowest BCUT2D eigenvalue weighted by Crippen LogP contribution is -2.48. The molecule has 0 atom stereocenters. The van der Waals surface area contributed by atoms with Crippen molar-refractivity contribution in [2.24, 2.45) is 23.2 Å². The van der Waals surface area contributed by atoms with Gasteiger partial charge in [0.05, 0.1) is 26.4 Å². The lowest BCUT2D eigenvalue weighted by molar-refractivity contribution is -0.139. The molecule has 0 saturated heterocycles. The largest absolute Gasteiger partial charge is 0.465 e. The van der Waals surface area contributed by atoms with E-state index in [1.807, 2.05) is 0 Å². The number of hydrogen-bond acceptors (Lipinski definition) is 6. The number of carbonyl (C=O) groups excluding carboxylic acids is 2. The Morgan fingerprint density at radius 1 is 1.12 bits per heavy atom. The summed E-state index contributed by atoms with van der Waals surface area (Å²) in [6.45, 7) is 6.10. The summed E-state index contributed by atoms with van der Waals surface area (Å²) >= 11 is 1.42. The van der Waals surface area contributed by atoms with Crippen molar-refractivity contribution in [3.63, 3.8) is 0 Å². The maximum absolute atomic E-state index is 13.7. The minimum absolute atomic E-state index is 0.0942. The summed E-state index contributed by atoms with van der Waals surface area (Å²) in [6, 6.07) is -0.766. The van der Waals surface area contributed by atoms with E-state index >= 15 is 0 Å². The summed E-state index contributed by atoms with van der Waals surface area (Å²) in [4.78, 5) is 29.6. The first-order valence-corrected chi connectivity index (χ1v) is 13.3. The number of nitrogens with zero attached hydrogens (tertiary/aromatic N) is 1. The zero-order valence-electron chi connectivity index (χ0n) is 20.6. The van der Waals surface area contributed by atoms with Crippen molar-refractivity contribution in [1.82, 2.24) is 4.90 Å². The number of aliphatic hydroxyl groups is 2. The number of rotatable bonds is 7. The molecule has 0 bridgehead atoms. The maximum atomic E-state index is 13.7. The van der Waals surface area contributed by atoms with Gasteiger partial charge in [-0.05, 0) is 73.5 Å². The third-order valence-corrected chi connectivity index (χ3v) is 9.11. The fourth-order valence-corrected chi connectivity index (χ4v) is 6.63. The Kier molecular flexibility index (Phi) is 9.09. The van der Waals surface area contributed by atoms with Crippen LogP contribution >= 0.6 is 11.8 Å². The summed E-state index contributed by atoms with van der Waals surface area (Å²) in [5, 5.41) is 20.0. The van der Waals surface area contributed by atoms with Crippen LogP contribution in [0.3, 0.4) is 0 Å². The molecule has 0 aromatic rings. The van der Waals surface area contributed by atoms with Crippen molar-refractivity contribution in [2.45, 2.75) is 84.6 Å². The van der Waals surface area contributed by atoms with Crippen molar-refractivity contribution in [2.75, 3.05) is 20.3 Å². The molecule has 1 aliphatic heterocycles. The standard InChI is InChI=1S/C26H41NO5S/c1-17-5-7-19(8-6-17)24(30)27(20(15-28)16-29)21-9-10-22(33-23(21)25(31)32-4)18-11-13-26(2,3)14-12-18/h10,17-20,28-29H,5-9,11-16H2,1-4H3. The quantitative estimate of drug-likeness (QED) is 0.518. The first-order chi connectivity index (χ1) is 15.7. The Hall–Kier alpha value is -1.31. The molecule has 2 N–H and O–H groups in total. The molecule has 7 heteroatoms. The highest BCUT2D eigenvalue weighted by Crippen LogP contribution is 2.48. The molecular formula is C26H41NO5S. The molecule has 33 heavy (non-hydrogen) atoms. The molecule has 0 unspecified atom stereocenters. The van der Waals surface area contributed by atoms with Gasteiger partial charge in [0.15, 0.2) is 0 Å². The molecule has 0 aromatic carbocycles. The lowest BCUT2D eigenvalue weighted by Gasteiger charge is -2.39. The zero-order valence-corrected chi connectivity index (χ0v) is 21.5. The number of hydrogen-bond donors (Lipinski definition) is 2. The third-order valence-electron chi connectivity index (χ3n) is 7.77. The van der Waals surface area contributed by atoms with Crippen molar-refractivity contribution in [3.05, 3.63) is 21.6 Å². The molecule has 3 rings (SSSR count). The summed E-state index contributed by atoms with van der Waals surface area (Å²) in [5.41, 5.74) is 0.919. The van der Waals surface area contributed by atoms with E-state index in [1.54, 1.807) is 0 Å². The second kappa shape index (κ2) is 11.4. The number of ether oxygens (including phenoxy) is 1.